The third-order valence-corrected chi connectivity index (χ3v) is 6.14. The summed E-state index contributed by atoms with van der Waals surface area (Å²) in [5.74, 6) is 1.24. The normalized spacial score (nSPS) is 12.1. The Labute approximate surface area is 205 Å². The first kappa shape index (κ1) is 22.7. The van der Waals surface area contributed by atoms with Gasteiger partial charge in [0.2, 0.25) is 18.5 Å². The number of hydrogen-bond donors (Lipinski definition) is 1. The third-order valence-electron chi connectivity index (χ3n) is 5.73. The number of amides is 1. The van der Waals surface area contributed by atoms with Crippen LogP contribution in [0.5, 0.6) is 11.5 Å². The fraction of sp³-hybridized carbons (Fsp3) is 0.200. The molecule has 0 fully saturated rings. The van der Waals surface area contributed by atoms with E-state index in [1.54, 1.807) is 50.2 Å². The van der Waals surface area contributed by atoms with Gasteiger partial charge >= 0.3 is 0 Å². The van der Waals surface area contributed by atoms with Crippen molar-refractivity contribution in [2.45, 2.75) is 27.3 Å². The van der Waals surface area contributed by atoms with E-state index in [4.69, 9.17) is 25.6 Å². The summed E-state index contributed by atoms with van der Waals surface area (Å²) in [6.07, 6.45) is 0. The highest BCUT2D eigenvalue weighted by Crippen LogP contribution is 2.35. The van der Waals surface area contributed by atoms with Crippen LogP contribution in [-0.2, 0) is 11.3 Å². The van der Waals surface area contributed by atoms with Gasteiger partial charge in [0, 0.05) is 22.0 Å². The first-order valence-electron chi connectivity index (χ1n) is 10.8. The molecule has 3 heterocycles. The quantitative estimate of drug-likeness (QED) is 0.436. The molecule has 1 aliphatic heterocycles. The largest absolute Gasteiger partial charge is 0.454 e. The molecule has 1 aliphatic rings. The number of pyridine rings is 1. The molecule has 9 nitrogen and oxygen atoms in total. The molecule has 0 spiro atoms. The summed E-state index contributed by atoms with van der Waals surface area (Å²) in [5.41, 5.74) is 3.24. The maximum Gasteiger partial charge on any atom is 0.264 e. The highest BCUT2D eigenvalue weighted by atomic mass is 35.5. The van der Waals surface area contributed by atoms with Crippen LogP contribution in [0, 0.1) is 20.8 Å². The lowest BCUT2D eigenvalue weighted by molar-refractivity contribution is -0.116. The highest BCUT2D eigenvalue weighted by molar-refractivity contribution is 6.31. The van der Waals surface area contributed by atoms with Gasteiger partial charge in [-0.3, -0.25) is 9.59 Å². The van der Waals surface area contributed by atoms with E-state index in [0.717, 1.165) is 5.56 Å². The fourth-order valence-corrected chi connectivity index (χ4v) is 4.06. The molecule has 0 saturated heterocycles. The van der Waals surface area contributed by atoms with Gasteiger partial charge < -0.3 is 23.9 Å². The molecule has 0 bridgehead atoms. The van der Waals surface area contributed by atoms with E-state index in [1.165, 1.54) is 4.57 Å². The summed E-state index contributed by atoms with van der Waals surface area (Å²) in [7, 11) is 0. The summed E-state index contributed by atoms with van der Waals surface area (Å²) in [6, 6.07) is 12.3. The van der Waals surface area contributed by atoms with Gasteiger partial charge in [0.1, 0.15) is 12.1 Å². The highest BCUT2D eigenvalue weighted by Gasteiger charge is 2.22. The zero-order valence-corrected chi connectivity index (χ0v) is 20.0. The van der Waals surface area contributed by atoms with Crippen molar-refractivity contribution < 1.29 is 18.8 Å². The average molecular weight is 493 g/mol. The Morgan fingerprint density at radius 2 is 1.86 bits per heavy atom. The number of aryl methyl sites for hydroxylation is 3. The molecule has 1 amide bonds. The number of fused-ring (bicyclic) bond motifs is 1. The molecular formula is C25H21ClN4O5. The van der Waals surface area contributed by atoms with Crippen molar-refractivity contribution in [3.63, 3.8) is 0 Å². The predicted octanol–water partition coefficient (Wildman–Crippen LogP) is 4.51. The molecule has 0 saturated carbocycles. The second-order valence-electron chi connectivity index (χ2n) is 8.24. The number of halogens is 1. The zero-order chi connectivity index (χ0) is 24.7. The van der Waals surface area contributed by atoms with Crippen LogP contribution in [-0.4, -0.2) is 27.4 Å². The number of aromatic nitrogens is 3. The second kappa shape index (κ2) is 8.92. The SMILES string of the molecule is Cc1ccc(NC(=O)Cn2c(C)cc(C)c(-c3nc(-c4ccc5c(c4)OCO5)no3)c2=O)cc1Cl. The van der Waals surface area contributed by atoms with Gasteiger partial charge in [-0.25, -0.2) is 0 Å². The van der Waals surface area contributed by atoms with Crippen LogP contribution in [0.1, 0.15) is 16.8 Å². The van der Waals surface area contributed by atoms with Crippen molar-refractivity contribution in [2.24, 2.45) is 0 Å². The van der Waals surface area contributed by atoms with E-state index in [1.807, 2.05) is 13.0 Å². The topological polar surface area (TPSA) is 108 Å². The second-order valence-corrected chi connectivity index (χ2v) is 8.65. The minimum Gasteiger partial charge on any atom is -0.454 e. The van der Waals surface area contributed by atoms with Gasteiger partial charge in [-0.1, -0.05) is 22.8 Å². The summed E-state index contributed by atoms with van der Waals surface area (Å²) < 4.78 is 17.6. The number of rotatable bonds is 5. The number of ether oxygens (including phenoxy) is 2. The molecule has 2 aromatic carbocycles. The van der Waals surface area contributed by atoms with E-state index in [9.17, 15) is 9.59 Å². The Kier molecular flexibility index (Phi) is 5.78. The van der Waals surface area contributed by atoms with Crippen LogP contribution < -0.4 is 20.3 Å². The van der Waals surface area contributed by atoms with Gasteiger partial charge in [-0.2, -0.15) is 4.98 Å². The van der Waals surface area contributed by atoms with E-state index in [2.05, 4.69) is 15.5 Å². The molecule has 0 unspecified atom stereocenters. The van der Waals surface area contributed by atoms with Crippen molar-refractivity contribution in [1.29, 1.82) is 0 Å². The number of carbonyl (C=O) groups excluding carboxylic acids is 1. The van der Waals surface area contributed by atoms with E-state index in [-0.39, 0.29) is 30.7 Å². The Morgan fingerprint density at radius 1 is 1.06 bits per heavy atom. The number of hydrogen-bond acceptors (Lipinski definition) is 7. The zero-order valence-electron chi connectivity index (χ0n) is 19.2. The molecule has 1 N–H and O–H groups in total. The maximum absolute atomic E-state index is 13.4. The number of anilines is 1. The monoisotopic (exact) mass is 492 g/mol. The Hall–Kier alpha value is -4.11. The molecule has 178 valence electrons. The van der Waals surface area contributed by atoms with Crippen LogP contribution in [0.3, 0.4) is 0 Å². The first-order chi connectivity index (χ1) is 16.8. The van der Waals surface area contributed by atoms with Gasteiger partial charge in [0.05, 0.1) is 0 Å². The molecule has 5 rings (SSSR count). The Bertz CT molecular complexity index is 1530. The minimum absolute atomic E-state index is 0.0691. The lowest BCUT2D eigenvalue weighted by Gasteiger charge is -2.13. The molecule has 0 radical (unpaired) electrons. The molecule has 4 aromatic rings. The summed E-state index contributed by atoms with van der Waals surface area (Å²) >= 11 is 6.14. The third kappa shape index (κ3) is 4.38. The van der Waals surface area contributed by atoms with Crippen molar-refractivity contribution in [2.75, 3.05) is 12.1 Å². The van der Waals surface area contributed by atoms with Gasteiger partial charge in [0.15, 0.2) is 11.5 Å². The Balaban J connectivity index is 1.43. The fourth-order valence-electron chi connectivity index (χ4n) is 3.88. The molecule has 0 aliphatic carbocycles. The maximum atomic E-state index is 13.4. The molecule has 10 heteroatoms. The lowest BCUT2D eigenvalue weighted by Crippen LogP contribution is -2.30. The number of nitrogens with zero attached hydrogens (tertiary/aromatic N) is 3. The van der Waals surface area contributed by atoms with Crippen LogP contribution >= 0.6 is 11.6 Å². The van der Waals surface area contributed by atoms with Crippen molar-refractivity contribution in [1.82, 2.24) is 14.7 Å². The minimum atomic E-state index is -0.402. The molecular weight excluding hydrogens is 472 g/mol. The molecule has 2 aromatic heterocycles. The van der Waals surface area contributed by atoms with Crippen LogP contribution in [0.4, 0.5) is 5.69 Å². The van der Waals surface area contributed by atoms with Crippen LogP contribution in [0.25, 0.3) is 22.8 Å². The van der Waals surface area contributed by atoms with Gasteiger partial charge in [-0.05, 0) is 68.3 Å². The summed E-state index contributed by atoms with van der Waals surface area (Å²) in [5, 5.41) is 7.35. The van der Waals surface area contributed by atoms with Gasteiger partial charge in [0.25, 0.3) is 11.4 Å². The molecule has 0 atom stereocenters. The summed E-state index contributed by atoms with van der Waals surface area (Å²) in [4.78, 5) is 30.5. The number of benzene rings is 2. The first-order valence-corrected chi connectivity index (χ1v) is 11.2. The standard InChI is InChI=1S/C25H21ClN4O5/c1-13-4-6-17(10-18(13)26)27-21(31)11-30-15(3)8-14(2)22(25(30)32)24-28-23(29-35-24)16-5-7-19-20(9-16)34-12-33-19/h4-10H,11-12H2,1-3H3,(H,27,31). The predicted molar refractivity (Wildman–Crippen MR) is 130 cm³/mol. The smallest absolute Gasteiger partial charge is 0.264 e. The van der Waals surface area contributed by atoms with Crippen LogP contribution in [0.2, 0.25) is 5.02 Å². The average Bonchev–Trinajstić information content (AvgIpc) is 3.48. The lowest BCUT2D eigenvalue weighted by atomic mass is 10.1. The molecule has 35 heavy (non-hydrogen) atoms. The van der Waals surface area contributed by atoms with E-state index >= 15 is 0 Å². The van der Waals surface area contributed by atoms with Gasteiger partial charge in [-0.15, -0.1) is 0 Å². The summed E-state index contributed by atoms with van der Waals surface area (Å²) in [6.45, 7) is 5.39. The Morgan fingerprint density at radius 3 is 2.66 bits per heavy atom. The van der Waals surface area contributed by atoms with E-state index < -0.39 is 5.56 Å². The number of carbonyl (C=O) groups is 1. The van der Waals surface area contributed by atoms with E-state index in [0.29, 0.717) is 44.9 Å². The number of nitrogens with one attached hydrogen (secondary N) is 1. The van der Waals surface area contributed by atoms with Crippen LogP contribution in [0.15, 0.2) is 51.8 Å². The van der Waals surface area contributed by atoms with Crippen molar-refractivity contribution in [3.8, 4) is 34.3 Å². The van der Waals surface area contributed by atoms with Crippen molar-refractivity contribution in [3.05, 3.63) is 74.7 Å². The van der Waals surface area contributed by atoms with Crippen molar-refractivity contribution >= 4 is 23.2 Å².